The molecule has 2 atom stereocenters. The quantitative estimate of drug-likeness (QED) is 0.785. The fourth-order valence-corrected chi connectivity index (χ4v) is 2.41. The van der Waals surface area contributed by atoms with Gasteiger partial charge in [0.15, 0.2) is 0 Å². The van der Waals surface area contributed by atoms with E-state index in [1.165, 1.54) is 0 Å². The molecule has 98 valence electrons. The molecule has 0 bridgehead atoms. The Morgan fingerprint density at radius 3 is 2.83 bits per heavy atom. The Kier molecular flexibility index (Phi) is 4.12. The lowest BCUT2D eigenvalue weighted by molar-refractivity contribution is -0.129. The van der Waals surface area contributed by atoms with Crippen molar-refractivity contribution < 1.29 is 9.53 Å². The lowest BCUT2D eigenvalue weighted by atomic mass is 10.2. The van der Waals surface area contributed by atoms with Gasteiger partial charge in [0, 0.05) is 13.0 Å². The molecule has 1 aromatic carbocycles. The molecule has 2 rings (SSSR count). The van der Waals surface area contributed by atoms with Gasteiger partial charge in [-0.05, 0) is 25.5 Å². The number of hydrogen-bond donors (Lipinski definition) is 0. The number of hydrogen-bond acceptors (Lipinski definition) is 2. The van der Waals surface area contributed by atoms with Crippen LogP contribution < -0.4 is 4.74 Å². The number of amides is 1. The molecule has 0 spiro atoms. The molecular formula is C14H18ClNO2. The van der Waals surface area contributed by atoms with E-state index in [-0.39, 0.29) is 17.3 Å². The molecule has 1 aromatic rings. The number of likely N-dealkylation sites (tertiary alicyclic amines) is 1. The maximum Gasteiger partial charge on any atom is 0.224 e. The largest absolute Gasteiger partial charge is 0.491 e. The van der Waals surface area contributed by atoms with Crippen LogP contribution in [0.25, 0.3) is 0 Å². The Morgan fingerprint density at radius 1 is 1.50 bits per heavy atom. The van der Waals surface area contributed by atoms with E-state index in [9.17, 15) is 4.79 Å². The predicted octanol–water partition coefficient (Wildman–Crippen LogP) is 2.60. The van der Waals surface area contributed by atoms with Crippen molar-refractivity contribution in [3.05, 3.63) is 29.8 Å². The summed E-state index contributed by atoms with van der Waals surface area (Å²) in [4.78, 5) is 13.5. The molecule has 1 heterocycles. The summed E-state index contributed by atoms with van der Waals surface area (Å²) in [5, 5.41) is -0.0570. The van der Waals surface area contributed by atoms with Gasteiger partial charge in [0.05, 0.1) is 11.4 Å². The van der Waals surface area contributed by atoms with Crippen molar-refractivity contribution in [2.45, 2.75) is 31.7 Å². The summed E-state index contributed by atoms with van der Waals surface area (Å²) >= 11 is 5.98. The fraction of sp³-hybridized carbons (Fsp3) is 0.500. The first kappa shape index (κ1) is 13.2. The van der Waals surface area contributed by atoms with E-state index in [4.69, 9.17) is 16.3 Å². The van der Waals surface area contributed by atoms with Gasteiger partial charge in [-0.25, -0.2) is 0 Å². The lowest BCUT2D eigenvalue weighted by Gasteiger charge is -2.24. The smallest absolute Gasteiger partial charge is 0.224 e. The van der Waals surface area contributed by atoms with Crippen LogP contribution in [0.4, 0.5) is 0 Å². The van der Waals surface area contributed by atoms with Crippen LogP contribution in [0.1, 0.15) is 18.9 Å². The van der Waals surface area contributed by atoms with Gasteiger partial charge < -0.3 is 9.64 Å². The van der Waals surface area contributed by atoms with E-state index in [0.29, 0.717) is 19.6 Å². The third-order valence-corrected chi connectivity index (χ3v) is 3.51. The fourth-order valence-electron chi connectivity index (χ4n) is 2.13. The van der Waals surface area contributed by atoms with Gasteiger partial charge in [-0.3, -0.25) is 4.79 Å². The van der Waals surface area contributed by atoms with Crippen LogP contribution in [-0.4, -0.2) is 35.4 Å². The highest BCUT2D eigenvalue weighted by Crippen LogP contribution is 2.21. The number of carbonyl (C=O) groups excluding carboxylic acids is 1. The third kappa shape index (κ3) is 2.96. The highest BCUT2D eigenvalue weighted by Gasteiger charge is 2.31. The van der Waals surface area contributed by atoms with E-state index in [2.05, 4.69) is 0 Å². The van der Waals surface area contributed by atoms with Crippen molar-refractivity contribution in [2.24, 2.45) is 0 Å². The average molecular weight is 268 g/mol. The number of aryl methyl sites for hydroxylation is 1. The lowest BCUT2D eigenvalue weighted by Crippen LogP contribution is -2.38. The number of benzene rings is 1. The Bertz CT molecular complexity index is 436. The van der Waals surface area contributed by atoms with Crippen molar-refractivity contribution in [1.29, 1.82) is 0 Å². The molecule has 0 N–H and O–H groups in total. The summed E-state index contributed by atoms with van der Waals surface area (Å²) in [5.41, 5.74) is 1.10. The maximum atomic E-state index is 11.7. The second-order valence-corrected chi connectivity index (χ2v) is 5.39. The molecule has 0 radical (unpaired) electrons. The molecule has 2 unspecified atom stereocenters. The number of para-hydroxylation sites is 1. The van der Waals surface area contributed by atoms with Crippen molar-refractivity contribution in [3.8, 4) is 5.75 Å². The number of halogens is 1. The Hall–Kier alpha value is -1.22. The Labute approximate surface area is 113 Å². The summed E-state index contributed by atoms with van der Waals surface area (Å²) in [5.74, 6) is 0.995. The van der Waals surface area contributed by atoms with E-state index in [0.717, 1.165) is 11.3 Å². The number of rotatable bonds is 4. The van der Waals surface area contributed by atoms with Crippen molar-refractivity contribution in [2.75, 3.05) is 13.2 Å². The molecule has 0 saturated carbocycles. The molecule has 1 saturated heterocycles. The normalized spacial score (nSPS) is 21.2. The number of nitrogens with zero attached hydrogens (tertiary/aromatic N) is 1. The van der Waals surface area contributed by atoms with Crippen LogP contribution in [0.3, 0.4) is 0 Å². The zero-order valence-corrected chi connectivity index (χ0v) is 11.5. The molecule has 3 nitrogen and oxygen atoms in total. The van der Waals surface area contributed by atoms with Crippen LogP contribution >= 0.6 is 11.6 Å². The maximum absolute atomic E-state index is 11.7. The standard InChI is InChI=1S/C14H18ClNO2/c1-10-5-3-4-6-13(10)18-9-11(2)16-8-12(15)7-14(16)17/h3-6,11-12H,7-9H2,1-2H3. The van der Waals surface area contributed by atoms with E-state index in [1.54, 1.807) is 4.90 Å². The molecule has 1 aliphatic rings. The minimum absolute atomic E-state index is 0.0563. The summed E-state index contributed by atoms with van der Waals surface area (Å²) in [6.07, 6.45) is 0.441. The van der Waals surface area contributed by atoms with Crippen molar-refractivity contribution >= 4 is 17.5 Å². The zero-order valence-electron chi connectivity index (χ0n) is 10.7. The SMILES string of the molecule is Cc1ccccc1OCC(C)N1CC(Cl)CC1=O. The van der Waals surface area contributed by atoms with Gasteiger partial charge in [-0.15, -0.1) is 11.6 Å². The Morgan fingerprint density at radius 2 is 2.22 bits per heavy atom. The summed E-state index contributed by atoms with van der Waals surface area (Å²) in [7, 11) is 0. The van der Waals surface area contributed by atoms with Crippen molar-refractivity contribution in [1.82, 2.24) is 4.90 Å². The van der Waals surface area contributed by atoms with Gasteiger partial charge >= 0.3 is 0 Å². The number of carbonyl (C=O) groups is 1. The van der Waals surface area contributed by atoms with Crippen LogP contribution in [0.15, 0.2) is 24.3 Å². The van der Waals surface area contributed by atoms with E-state index < -0.39 is 0 Å². The topological polar surface area (TPSA) is 29.5 Å². The second kappa shape index (κ2) is 5.61. The van der Waals surface area contributed by atoms with Gasteiger partial charge in [0.1, 0.15) is 12.4 Å². The van der Waals surface area contributed by atoms with Crippen LogP contribution in [0.5, 0.6) is 5.75 Å². The molecule has 18 heavy (non-hydrogen) atoms. The zero-order chi connectivity index (χ0) is 13.1. The van der Waals surface area contributed by atoms with Crippen molar-refractivity contribution in [3.63, 3.8) is 0 Å². The minimum atomic E-state index is -0.0570. The summed E-state index contributed by atoms with van der Waals surface area (Å²) in [6, 6.07) is 7.94. The predicted molar refractivity (Wildman–Crippen MR) is 72.1 cm³/mol. The molecule has 1 fully saturated rings. The first-order chi connectivity index (χ1) is 8.58. The monoisotopic (exact) mass is 267 g/mol. The van der Waals surface area contributed by atoms with Crippen LogP contribution in [0.2, 0.25) is 0 Å². The molecule has 4 heteroatoms. The molecule has 0 aromatic heterocycles. The molecule has 0 aliphatic carbocycles. The number of alkyl halides is 1. The van der Waals surface area contributed by atoms with Crippen LogP contribution in [-0.2, 0) is 4.79 Å². The highest BCUT2D eigenvalue weighted by molar-refractivity contribution is 6.22. The van der Waals surface area contributed by atoms with Gasteiger partial charge in [0.25, 0.3) is 0 Å². The van der Waals surface area contributed by atoms with Gasteiger partial charge in [0.2, 0.25) is 5.91 Å². The van der Waals surface area contributed by atoms with Gasteiger partial charge in [-0.1, -0.05) is 18.2 Å². The highest BCUT2D eigenvalue weighted by atomic mass is 35.5. The summed E-state index contributed by atoms with van der Waals surface area (Å²) < 4.78 is 5.76. The van der Waals surface area contributed by atoms with E-state index >= 15 is 0 Å². The van der Waals surface area contributed by atoms with E-state index in [1.807, 2.05) is 38.1 Å². The second-order valence-electron chi connectivity index (χ2n) is 4.77. The minimum Gasteiger partial charge on any atom is -0.491 e. The summed E-state index contributed by atoms with van der Waals surface area (Å²) in [6.45, 7) is 5.12. The van der Waals surface area contributed by atoms with Gasteiger partial charge in [-0.2, -0.15) is 0 Å². The third-order valence-electron chi connectivity index (χ3n) is 3.22. The first-order valence-electron chi connectivity index (χ1n) is 6.20. The first-order valence-corrected chi connectivity index (χ1v) is 6.63. The van der Waals surface area contributed by atoms with Crippen LogP contribution in [0, 0.1) is 6.92 Å². The number of ether oxygens (including phenoxy) is 1. The molecular weight excluding hydrogens is 250 g/mol. The molecule has 1 amide bonds. The Balaban J connectivity index is 1.91. The average Bonchev–Trinajstić information content (AvgIpc) is 2.67. The molecule has 1 aliphatic heterocycles.